The van der Waals surface area contributed by atoms with Crippen LogP contribution in [0.5, 0.6) is 0 Å². The van der Waals surface area contributed by atoms with Gasteiger partial charge in [0, 0.05) is 12.0 Å². The van der Waals surface area contributed by atoms with E-state index in [1.54, 1.807) is 0 Å². The molecule has 1 aromatic rings. The lowest BCUT2D eigenvalue weighted by Gasteiger charge is -2.10. The first-order chi connectivity index (χ1) is 7.68. The standard InChI is InChI=1S/C14H19NO/c1-10-4-3-5-13(11(10)2)14(16)8-12-6-7-15-9-12/h3-5,12,15H,6-9H2,1-2H3. The second-order valence-electron chi connectivity index (χ2n) is 4.73. The molecule has 1 unspecified atom stereocenters. The molecule has 86 valence electrons. The Hall–Kier alpha value is -1.15. The van der Waals surface area contributed by atoms with Gasteiger partial charge in [-0.15, -0.1) is 0 Å². The number of aryl methyl sites for hydroxylation is 1. The van der Waals surface area contributed by atoms with E-state index in [0.29, 0.717) is 18.1 Å². The highest BCUT2D eigenvalue weighted by atomic mass is 16.1. The fourth-order valence-corrected chi connectivity index (χ4v) is 2.31. The summed E-state index contributed by atoms with van der Waals surface area (Å²) in [5, 5.41) is 3.30. The molecule has 1 heterocycles. The van der Waals surface area contributed by atoms with Crippen molar-refractivity contribution < 1.29 is 4.79 Å². The first-order valence-electron chi connectivity index (χ1n) is 5.98. The van der Waals surface area contributed by atoms with E-state index in [0.717, 1.165) is 30.6 Å². The van der Waals surface area contributed by atoms with E-state index in [1.165, 1.54) is 5.56 Å². The molecule has 0 spiro atoms. The van der Waals surface area contributed by atoms with Gasteiger partial charge in [0.15, 0.2) is 5.78 Å². The van der Waals surface area contributed by atoms with Gasteiger partial charge in [-0.05, 0) is 50.4 Å². The summed E-state index contributed by atoms with van der Waals surface area (Å²) in [5.41, 5.74) is 3.25. The van der Waals surface area contributed by atoms with Crippen LogP contribution >= 0.6 is 0 Å². The molecule has 16 heavy (non-hydrogen) atoms. The molecule has 2 nitrogen and oxygen atoms in total. The zero-order chi connectivity index (χ0) is 11.5. The van der Waals surface area contributed by atoms with Crippen molar-refractivity contribution in [3.05, 3.63) is 34.9 Å². The van der Waals surface area contributed by atoms with Gasteiger partial charge in [-0.3, -0.25) is 4.79 Å². The number of carbonyl (C=O) groups excluding carboxylic acids is 1. The average Bonchev–Trinajstić information content (AvgIpc) is 2.74. The number of Topliss-reactive ketones (excluding diaryl/α,β-unsaturated/α-hetero) is 1. The molecular formula is C14H19NO. The number of benzene rings is 1. The predicted octanol–water partition coefficient (Wildman–Crippen LogP) is 2.49. The molecule has 0 aromatic heterocycles. The van der Waals surface area contributed by atoms with Crippen LogP contribution in [-0.2, 0) is 0 Å². The van der Waals surface area contributed by atoms with Gasteiger partial charge < -0.3 is 5.32 Å². The van der Waals surface area contributed by atoms with Crippen molar-refractivity contribution in [3.63, 3.8) is 0 Å². The van der Waals surface area contributed by atoms with Gasteiger partial charge >= 0.3 is 0 Å². The molecule has 0 saturated carbocycles. The summed E-state index contributed by atoms with van der Waals surface area (Å²) < 4.78 is 0. The lowest BCUT2D eigenvalue weighted by Crippen LogP contribution is -2.13. The maximum absolute atomic E-state index is 12.1. The first-order valence-corrected chi connectivity index (χ1v) is 5.98. The molecule has 1 saturated heterocycles. The van der Waals surface area contributed by atoms with Crippen LogP contribution in [0.15, 0.2) is 18.2 Å². The fourth-order valence-electron chi connectivity index (χ4n) is 2.31. The molecule has 1 aromatic carbocycles. The molecule has 0 aliphatic carbocycles. The minimum absolute atomic E-state index is 0.301. The van der Waals surface area contributed by atoms with E-state index < -0.39 is 0 Å². The number of hydrogen-bond donors (Lipinski definition) is 1. The molecule has 1 aliphatic rings. The summed E-state index contributed by atoms with van der Waals surface area (Å²) in [6.07, 6.45) is 1.83. The van der Waals surface area contributed by atoms with E-state index in [2.05, 4.69) is 18.3 Å². The smallest absolute Gasteiger partial charge is 0.163 e. The van der Waals surface area contributed by atoms with Crippen LogP contribution in [0, 0.1) is 19.8 Å². The van der Waals surface area contributed by atoms with E-state index in [-0.39, 0.29) is 0 Å². The lowest BCUT2D eigenvalue weighted by atomic mass is 9.93. The average molecular weight is 217 g/mol. The van der Waals surface area contributed by atoms with Crippen LogP contribution in [0.3, 0.4) is 0 Å². The van der Waals surface area contributed by atoms with Crippen LogP contribution in [0.25, 0.3) is 0 Å². The topological polar surface area (TPSA) is 29.1 Å². The summed E-state index contributed by atoms with van der Waals surface area (Å²) in [5.74, 6) is 0.835. The zero-order valence-electron chi connectivity index (χ0n) is 10.0. The fraction of sp³-hybridized carbons (Fsp3) is 0.500. The lowest BCUT2D eigenvalue weighted by molar-refractivity contribution is 0.0964. The van der Waals surface area contributed by atoms with Crippen LogP contribution < -0.4 is 5.32 Å². The van der Waals surface area contributed by atoms with Gasteiger partial charge in [-0.2, -0.15) is 0 Å². The highest BCUT2D eigenvalue weighted by Crippen LogP contribution is 2.19. The molecule has 2 heteroatoms. The zero-order valence-corrected chi connectivity index (χ0v) is 10.0. The highest BCUT2D eigenvalue weighted by molar-refractivity contribution is 5.97. The highest BCUT2D eigenvalue weighted by Gasteiger charge is 2.19. The normalized spacial score (nSPS) is 20.0. The largest absolute Gasteiger partial charge is 0.316 e. The SMILES string of the molecule is Cc1cccc(C(=O)CC2CCNC2)c1C. The Labute approximate surface area is 97.1 Å². The number of carbonyl (C=O) groups is 1. The second kappa shape index (κ2) is 4.79. The molecule has 1 atom stereocenters. The Balaban J connectivity index is 2.11. The molecular weight excluding hydrogens is 198 g/mol. The predicted molar refractivity (Wildman–Crippen MR) is 65.8 cm³/mol. The molecule has 1 aliphatic heterocycles. The van der Waals surface area contributed by atoms with E-state index >= 15 is 0 Å². The molecule has 1 fully saturated rings. The maximum atomic E-state index is 12.1. The summed E-state index contributed by atoms with van der Waals surface area (Å²) in [6.45, 7) is 6.15. The van der Waals surface area contributed by atoms with Crippen molar-refractivity contribution >= 4 is 5.78 Å². The van der Waals surface area contributed by atoms with E-state index in [1.807, 2.05) is 19.1 Å². The summed E-state index contributed by atoms with van der Waals surface area (Å²) in [6, 6.07) is 5.98. The van der Waals surface area contributed by atoms with Crippen LogP contribution in [0.1, 0.15) is 34.3 Å². The monoisotopic (exact) mass is 217 g/mol. The van der Waals surface area contributed by atoms with E-state index in [9.17, 15) is 4.79 Å². The summed E-state index contributed by atoms with van der Waals surface area (Å²) in [4.78, 5) is 12.1. The van der Waals surface area contributed by atoms with E-state index in [4.69, 9.17) is 0 Å². The summed E-state index contributed by atoms with van der Waals surface area (Å²) >= 11 is 0. The third kappa shape index (κ3) is 2.33. The van der Waals surface area contributed by atoms with Crippen LogP contribution in [0.4, 0.5) is 0 Å². The minimum atomic E-state index is 0.301. The van der Waals surface area contributed by atoms with Crippen LogP contribution in [0.2, 0.25) is 0 Å². The second-order valence-corrected chi connectivity index (χ2v) is 4.73. The quantitative estimate of drug-likeness (QED) is 0.788. The van der Waals surface area contributed by atoms with Crippen molar-refractivity contribution in [2.75, 3.05) is 13.1 Å². The van der Waals surface area contributed by atoms with Crippen molar-refractivity contribution in [3.8, 4) is 0 Å². The third-order valence-corrected chi connectivity index (χ3v) is 3.54. The number of hydrogen-bond acceptors (Lipinski definition) is 2. The molecule has 0 amide bonds. The number of rotatable bonds is 3. The van der Waals surface area contributed by atoms with Crippen molar-refractivity contribution in [1.29, 1.82) is 0 Å². The van der Waals surface area contributed by atoms with Gasteiger partial charge in [0.25, 0.3) is 0 Å². The molecule has 0 radical (unpaired) electrons. The number of ketones is 1. The summed E-state index contributed by atoms with van der Waals surface area (Å²) in [7, 11) is 0. The molecule has 2 rings (SSSR count). The van der Waals surface area contributed by atoms with Crippen molar-refractivity contribution in [2.24, 2.45) is 5.92 Å². The Bertz CT molecular complexity index is 392. The Morgan fingerprint density at radius 2 is 2.25 bits per heavy atom. The molecule has 0 bridgehead atoms. The van der Waals surface area contributed by atoms with Gasteiger partial charge in [-0.1, -0.05) is 18.2 Å². The Morgan fingerprint density at radius 1 is 1.44 bits per heavy atom. The van der Waals surface area contributed by atoms with Gasteiger partial charge in [0.05, 0.1) is 0 Å². The maximum Gasteiger partial charge on any atom is 0.163 e. The number of nitrogens with one attached hydrogen (secondary N) is 1. The first kappa shape index (κ1) is 11.3. The van der Waals surface area contributed by atoms with Crippen molar-refractivity contribution in [1.82, 2.24) is 5.32 Å². The van der Waals surface area contributed by atoms with Gasteiger partial charge in [-0.25, -0.2) is 0 Å². The van der Waals surface area contributed by atoms with Gasteiger partial charge in [0.2, 0.25) is 0 Å². The Morgan fingerprint density at radius 3 is 2.94 bits per heavy atom. The van der Waals surface area contributed by atoms with Crippen molar-refractivity contribution in [2.45, 2.75) is 26.7 Å². The minimum Gasteiger partial charge on any atom is -0.316 e. The Kier molecular flexibility index (Phi) is 3.39. The van der Waals surface area contributed by atoms with Crippen LogP contribution in [-0.4, -0.2) is 18.9 Å². The van der Waals surface area contributed by atoms with Gasteiger partial charge in [0.1, 0.15) is 0 Å². The third-order valence-electron chi connectivity index (χ3n) is 3.54. The molecule has 1 N–H and O–H groups in total.